The van der Waals surface area contributed by atoms with Crippen LogP contribution in [0.5, 0.6) is 0 Å². The number of hydrogen-bond donors (Lipinski definition) is 0. The lowest BCUT2D eigenvalue weighted by Gasteiger charge is -2.39. The molecule has 5 nitrogen and oxygen atoms in total. The zero-order chi connectivity index (χ0) is 15.5. The average Bonchev–Trinajstić information content (AvgIpc) is 2.91. The molecule has 0 saturated carbocycles. The Morgan fingerprint density at radius 3 is 2.57 bits per heavy atom. The number of piperidine rings is 1. The average molecular weight is 311 g/mol. The van der Waals surface area contributed by atoms with E-state index in [-0.39, 0.29) is 0 Å². The Hall–Kier alpha value is -1.75. The second-order valence-electron chi connectivity index (χ2n) is 6.76. The van der Waals surface area contributed by atoms with Gasteiger partial charge < -0.3 is 4.90 Å². The maximum absolute atomic E-state index is 4.73. The normalized spacial score (nSPS) is 23.8. The summed E-state index contributed by atoms with van der Waals surface area (Å²) in [4.78, 5) is 18.6. The smallest absolute Gasteiger partial charge is 0.180 e. The van der Waals surface area contributed by atoms with Gasteiger partial charge in [-0.2, -0.15) is 0 Å². The van der Waals surface area contributed by atoms with Crippen molar-refractivity contribution in [2.75, 3.05) is 31.1 Å². The first-order valence-electron chi connectivity index (χ1n) is 8.97. The Kier molecular flexibility index (Phi) is 4.37. The summed E-state index contributed by atoms with van der Waals surface area (Å²) in [6.07, 6.45) is 11.5. The van der Waals surface area contributed by atoms with E-state index in [0.29, 0.717) is 6.04 Å². The van der Waals surface area contributed by atoms with E-state index >= 15 is 0 Å². The molecule has 5 heteroatoms. The van der Waals surface area contributed by atoms with Crippen LogP contribution in [0, 0.1) is 0 Å². The lowest BCUT2D eigenvalue weighted by molar-refractivity contribution is 0.182. The fourth-order valence-electron chi connectivity index (χ4n) is 3.94. The number of rotatable bonds is 2. The highest BCUT2D eigenvalue weighted by atomic mass is 15.3. The van der Waals surface area contributed by atoms with E-state index < -0.39 is 0 Å². The monoisotopic (exact) mass is 311 g/mol. The first-order chi connectivity index (χ1) is 11.4. The Morgan fingerprint density at radius 1 is 0.870 bits per heavy atom. The van der Waals surface area contributed by atoms with Crippen molar-refractivity contribution in [3.8, 4) is 0 Å². The molecular formula is C18H25N5. The van der Waals surface area contributed by atoms with E-state index in [1.807, 2.05) is 6.07 Å². The second-order valence-corrected chi connectivity index (χ2v) is 6.76. The molecule has 2 fully saturated rings. The van der Waals surface area contributed by atoms with E-state index in [2.05, 4.69) is 25.8 Å². The van der Waals surface area contributed by atoms with Crippen molar-refractivity contribution >= 4 is 17.0 Å². The molecule has 0 unspecified atom stereocenters. The molecule has 4 heterocycles. The minimum Gasteiger partial charge on any atom is -0.355 e. The van der Waals surface area contributed by atoms with Crippen molar-refractivity contribution in [2.24, 2.45) is 0 Å². The third-order valence-corrected chi connectivity index (χ3v) is 5.19. The highest BCUT2D eigenvalue weighted by molar-refractivity contribution is 5.71. The van der Waals surface area contributed by atoms with E-state index in [9.17, 15) is 0 Å². The molecule has 0 N–H and O–H groups in total. The Balaban J connectivity index is 1.51. The van der Waals surface area contributed by atoms with Gasteiger partial charge in [0.15, 0.2) is 5.65 Å². The van der Waals surface area contributed by atoms with Crippen molar-refractivity contribution in [2.45, 2.75) is 44.6 Å². The van der Waals surface area contributed by atoms with Crippen LogP contribution in [0.15, 0.2) is 24.5 Å². The molecule has 2 aromatic heterocycles. The number of fused-ring (bicyclic) bond motifs is 1. The predicted molar refractivity (Wildman–Crippen MR) is 92.6 cm³/mol. The topological polar surface area (TPSA) is 45.2 Å². The summed E-state index contributed by atoms with van der Waals surface area (Å²) >= 11 is 0. The fraction of sp³-hybridized carbons (Fsp3) is 0.611. The van der Waals surface area contributed by atoms with Gasteiger partial charge in [-0.05, 0) is 50.9 Å². The Bertz CT molecular complexity index is 651. The van der Waals surface area contributed by atoms with Gasteiger partial charge in [-0.1, -0.05) is 12.8 Å². The predicted octanol–water partition coefficient (Wildman–Crippen LogP) is 2.87. The third-order valence-electron chi connectivity index (χ3n) is 5.19. The molecule has 0 radical (unpaired) electrons. The van der Waals surface area contributed by atoms with Gasteiger partial charge in [-0.3, -0.25) is 9.88 Å². The van der Waals surface area contributed by atoms with Crippen LogP contribution >= 0.6 is 0 Å². The largest absolute Gasteiger partial charge is 0.355 e. The van der Waals surface area contributed by atoms with Crippen LogP contribution in [0.1, 0.15) is 38.5 Å². The van der Waals surface area contributed by atoms with Crippen molar-refractivity contribution in [1.82, 2.24) is 19.9 Å². The molecule has 122 valence electrons. The van der Waals surface area contributed by atoms with Crippen molar-refractivity contribution in [1.29, 1.82) is 0 Å². The van der Waals surface area contributed by atoms with Gasteiger partial charge in [-0.25, -0.2) is 9.97 Å². The van der Waals surface area contributed by atoms with Crippen molar-refractivity contribution < 1.29 is 0 Å². The summed E-state index contributed by atoms with van der Waals surface area (Å²) in [5, 5.41) is 0. The Labute approximate surface area is 137 Å². The number of aromatic nitrogens is 3. The summed E-state index contributed by atoms with van der Waals surface area (Å²) in [5.74, 6) is 1.05. The summed E-state index contributed by atoms with van der Waals surface area (Å²) in [6, 6.07) is 4.82. The standard InChI is InChI=1S/C18H25N5/c1-2-4-12-22(11-3-1)15-6-5-13-23(14-15)17-8-7-16-18(21-17)20-10-9-19-16/h7-10,15H,1-6,11-14H2/t15-/m0/s1. The molecule has 1 atom stereocenters. The van der Waals surface area contributed by atoms with E-state index in [1.54, 1.807) is 12.4 Å². The molecular weight excluding hydrogens is 286 g/mol. The molecule has 23 heavy (non-hydrogen) atoms. The SMILES string of the molecule is c1cnc2nc(N3CCC[C@H](N4CCCCCC4)C3)ccc2n1. The van der Waals surface area contributed by atoms with Crippen LogP contribution in [-0.2, 0) is 0 Å². The third kappa shape index (κ3) is 3.29. The lowest BCUT2D eigenvalue weighted by atomic mass is 10.0. The van der Waals surface area contributed by atoms with Gasteiger partial charge in [0.05, 0.1) is 0 Å². The van der Waals surface area contributed by atoms with Crippen LogP contribution in [0.25, 0.3) is 11.2 Å². The Morgan fingerprint density at radius 2 is 1.70 bits per heavy atom. The molecule has 0 spiro atoms. The second kappa shape index (κ2) is 6.79. The number of nitrogens with zero attached hydrogens (tertiary/aromatic N) is 5. The van der Waals surface area contributed by atoms with Crippen LogP contribution in [-0.4, -0.2) is 52.1 Å². The minimum absolute atomic E-state index is 0.682. The zero-order valence-corrected chi connectivity index (χ0v) is 13.7. The van der Waals surface area contributed by atoms with Gasteiger partial charge in [0, 0.05) is 31.5 Å². The van der Waals surface area contributed by atoms with E-state index in [1.165, 1.54) is 51.6 Å². The van der Waals surface area contributed by atoms with Gasteiger partial charge in [0.1, 0.15) is 11.3 Å². The zero-order valence-electron chi connectivity index (χ0n) is 13.7. The first kappa shape index (κ1) is 14.8. The van der Waals surface area contributed by atoms with E-state index in [4.69, 9.17) is 4.98 Å². The number of hydrogen-bond acceptors (Lipinski definition) is 5. The molecule has 2 aliphatic heterocycles. The summed E-state index contributed by atoms with van der Waals surface area (Å²) in [7, 11) is 0. The quantitative estimate of drug-likeness (QED) is 0.853. The van der Waals surface area contributed by atoms with Gasteiger partial charge in [0.25, 0.3) is 0 Å². The van der Waals surface area contributed by atoms with Crippen LogP contribution in [0.4, 0.5) is 5.82 Å². The number of likely N-dealkylation sites (tertiary alicyclic amines) is 1. The van der Waals surface area contributed by atoms with Gasteiger partial charge >= 0.3 is 0 Å². The fourth-order valence-corrected chi connectivity index (χ4v) is 3.94. The van der Waals surface area contributed by atoms with Crippen molar-refractivity contribution in [3.63, 3.8) is 0 Å². The van der Waals surface area contributed by atoms with Crippen LogP contribution in [0.3, 0.4) is 0 Å². The molecule has 0 amide bonds. The maximum atomic E-state index is 4.73. The molecule has 2 aliphatic rings. The van der Waals surface area contributed by atoms with Crippen LogP contribution < -0.4 is 4.90 Å². The summed E-state index contributed by atoms with van der Waals surface area (Å²) in [6.45, 7) is 4.74. The molecule has 2 aromatic rings. The summed E-state index contributed by atoms with van der Waals surface area (Å²) in [5.41, 5.74) is 1.62. The highest BCUT2D eigenvalue weighted by Gasteiger charge is 2.26. The summed E-state index contributed by atoms with van der Waals surface area (Å²) < 4.78 is 0. The molecule has 0 aromatic carbocycles. The minimum atomic E-state index is 0.682. The van der Waals surface area contributed by atoms with Gasteiger partial charge in [0.2, 0.25) is 0 Å². The lowest BCUT2D eigenvalue weighted by Crippen LogP contribution is -2.48. The number of anilines is 1. The van der Waals surface area contributed by atoms with E-state index in [0.717, 1.165) is 30.1 Å². The molecule has 2 saturated heterocycles. The number of pyridine rings is 1. The molecule has 0 aliphatic carbocycles. The highest BCUT2D eigenvalue weighted by Crippen LogP contribution is 2.24. The van der Waals surface area contributed by atoms with Crippen molar-refractivity contribution in [3.05, 3.63) is 24.5 Å². The first-order valence-corrected chi connectivity index (χ1v) is 8.97. The molecule has 0 bridgehead atoms. The maximum Gasteiger partial charge on any atom is 0.180 e. The van der Waals surface area contributed by atoms with Crippen LogP contribution in [0.2, 0.25) is 0 Å². The van der Waals surface area contributed by atoms with Gasteiger partial charge in [-0.15, -0.1) is 0 Å². The molecule has 4 rings (SSSR count).